The summed E-state index contributed by atoms with van der Waals surface area (Å²) in [4.78, 5) is 34.7. The average molecular weight is 435 g/mol. The molecule has 5 rings (SSSR count). The van der Waals surface area contributed by atoms with Crippen molar-refractivity contribution in [3.05, 3.63) is 64.8 Å². The molecule has 2 aromatic heterocycles. The summed E-state index contributed by atoms with van der Waals surface area (Å²) in [6.07, 6.45) is 5.86. The number of hydrogen-bond donors (Lipinski definition) is 2. The Balaban J connectivity index is 1.43. The first-order valence-corrected chi connectivity index (χ1v) is 10.9. The van der Waals surface area contributed by atoms with Crippen LogP contribution in [0.15, 0.2) is 48.7 Å². The van der Waals surface area contributed by atoms with E-state index in [0.717, 1.165) is 35.0 Å². The lowest BCUT2D eigenvalue weighted by Crippen LogP contribution is -2.38. The molecule has 0 bridgehead atoms. The standard InChI is InChI=1S/C24H23ClN4O2/c1-14-13-29(24(31)16-4-6-17(25)7-5-16)11-9-18(14)20-12-21(28-23(30)15-2-3-15)27-22-19(20)8-10-26-22/h4-10,12,14-15H,2-3,11,13H2,1H3,(H2,26,27,28,30). The van der Waals surface area contributed by atoms with Crippen LogP contribution in [-0.2, 0) is 4.79 Å². The number of carbonyl (C=O) groups excluding carboxylic acids is 2. The van der Waals surface area contributed by atoms with Crippen LogP contribution >= 0.6 is 11.6 Å². The van der Waals surface area contributed by atoms with Crippen LogP contribution in [0.1, 0.15) is 35.7 Å². The van der Waals surface area contributed by atoms with Gasteiger partial charge in [-0.3, -0.25) is 9.59 Å². The highest BCUT2D eigenvalue weighted by Crippen LogP contribution is 2.35. The number of H-pyrrole nitrogens is 1. The van der Waals surface area contributed by atoms with Crippen molar-refractivity contribution in [2.75, 3.05) is 18.4 Å². The third-order valence-electron chi connectivity index (χ3n) is 5.97. The Hall–Kier alpha value is -3.12. The maximum absolute atomic E-state index is 12.9. The van der Waals surface area contributed by atoms with E-state index < -0.39 is 0 Å². The largest absolute Gasteiger partial charge is 0.346 e. The van der Waals surface area contributed by atoms with Gasteiger partial charge in [0, 0.05) is 41.2 Å². The maximum Gasteiger partial charge on any atom is 0.254 e. The number of rotatable bonds is 4. The SMILES string of the molecule is CC1CN(C(=O)c2ccc(Cl)cc2)CC=C1c1cc(NC(=O)C2CC2)nc2[nH]ccc12. The average Bonchev–Trinajstić information content (AvgIpc) is 3.51. The van der Waals surface area contributed by atoms with E-state index in [1.54, 1.807) is 24.3 Å². The van der Waals surface area contributed by atoms with Gasteiger partial charge in [-0.25, -0.2) is 4.98 Å². The number of anilines is 1. The molecule has 31 heavy (non-hydrogen) atoms. The third-order valence-corrected chi connectivity index (χ3v) is 6.23. The van der Waals surface area contributed by atoms with Crippen molar-refractivity contribution >= 4 is 45.8 Å². The topological polar surface area (TPSA) is 78.1 Å². The van der Waals surface area contributed by atoms with Gasteiger partial charge in [0.25, 0.3) is 5.91 Å². The van der Waals surface area contributed by atoms with E-state index in [9.17, 15) is 9.59 Å². The molecule has 3 heterocycles. The first kappa shape index (κ1) is 19.8. The van der Waals surface area contributed by atoms with E-state index in [1.165, 1.54) is 0 Å². The number of aromatic amines is 1. The van der Waals surface area contributed by atoms with Gasteiger partial charge >= 0.3 is 0 Å². The van der Waals surface area contributed by atoms with Crippen molar-refractivity contribution < 1.29 is 9.59 Å². The number of hydrogen-bond acceptors (Lipinski definition) is 3. The molecule has 2 amide bonds. The number of nitrogens with one attached hydrogen (secondary N) is 2. The number of fused-ring (bicyclic) bond motifs is 1. The van der Waals surface area contributed by atoms with E-state index in [0.29, 0.717) is 29.5 Å². The second-order valence-electron chi connectivity index (χ2n) is 8.34. The zero-order valence-corrected chi connectivity index (χ0v) is 17.9. The summed E-state index contributed by atoms with van der Waals surface area (Å²) in [6.45, 7) is 3.26. The number of carbonyl (C=O) groups is 2. The van der Waals surface area contributed by atoms with E-state index in [2.05, 4.69) is 28.3 Å². The summed E-state index contributed by atoms with van der Waals surface area (Å²) < 4.78 is 0. The van der Waals surface area contributed by atoms with Gasteiger partial charge in [-0.2, -0.15) is 0 Å². The van der Waals surface area contributed by atoms with Gasteiger partial charge in [0.15, 0.2) is 0 Å². The van der Waals surface area contributed by atoms with Gasteiger partial charge in [-0.15, -0.1) is 0 Å². The van der Waals surface area contributed by atoms with E-state index in [-0.39, 0.29) is 23.7 Å². The molecule has 6 nitrogen and oxygen atoms in total. The Morgan fingerprint density at radius 2 is 1.97 bits per heavy atom. The van der Waals surface area contributed by atoms with E-state index in [4.69, 9.17) is 11.6 Å². The molecule has 0 saturated heterocycles. The van der Waals surface area contributed by atoms with Crippen LogP contribution in [0, 0.1) is 11.8 Å². The Labute approximate surface area is 185 Å². The van der Waals surface area contributed by atoms with Gasteiger partial charge in [0.05, 0.1) is 0 Å². The van der Waals surface area contributed by atoms with Gasteiger partial charge in [0.1, 0.15) is 11.5 Å². The smallest absolute Gasteiger partial charge is 0.254 e. The highest BCUT2D eigenvalue weighted by molar-refractivity contribution is 6.30. The van der Waals surface area contributed by atoms with Gasteiger partial charge < -0.3 is 15.2 Å². The van der Waals surface area contributed by atoms with Gasteiger partial charge in [0.2, 0.25) is 5.91 Å². The lowest BCUT2D eigenvalue weighted by atomic mass is 9.89. The molecular weight excluding hydrogens is 412 g/mol. The monoisotopic (exact) mass is 434 g/mol. The van der Waals surface area contributed by atoms with Gasteiger partial charge in [-0.1, -0.05) is 24.6 Å². The Morgan fingerprint density at radius 1 is 1.19 bits per heavy atom. The van der Waals surface area contributed by atoms with Crippen LogP contribution in [-0.4, -0.2) is 39.8 Å². The normalized spacial score (nSPS) is 18.7. The predicted octanol–water partition coefficient (Wildman–Crippen LogP) is 4.74. The van der Waals surface area contributed by atoms with Crippen molar-refractivity contribution in [2.45, 2.75) is 19.8 Å². The summed E-state index contributed by atoms with van der Waals surface area (Å²) in [7, 11) is 0. The lowest BCUT2D eigenvalue weighted by molar-refractivity contribution is -0.117. The van der Waals surface area contributed by atoms with Crippen molar-refractivity contribution in [3.63, 3.8) is 0 Å². The first-order valence-electron chi connectivity index (χ1n) is 10.5. The molecule has 0 radical (unpaired) electrons. The summed E-state index contributed by atoms with van der Waals surface area (Å²) in [5, 5.41) is 4.59. The molecule has 2 aliphatic rings. The quantitative estimate of drug-likeness (QED) is 0.622. The zero-order chi connectivity index (χ0) is 21.5. The molecule has 1 aliphatic carbocycles. The van der Waals surface area contributed by atoms with E-state index >= 15 is 0 Å². The fourth-order valence-electron chi connectivity index (χ4n) is 4.14. The minimum absolute atomic E-state index is 0.00211. The second kappa shape index (κ2) is 7.85. The van der Waals surface area contributed by atoms with E-state index in [1.807, 2.05) is 23.2 Å². The molecule has 1 unspecified atom stereocenters. The highest BCUT2D eigenvalue weighted by Gasteiger charge is 2.30. The molecule has 7 heteroatoms. The van der Waals surface area contributed by atoms with Crippen LogP contribution in [0.3, 0.4) is 0 Å². The number of aromatic nitrogens is 2. The van der Waals surface area contributed by atoms with Crippen molar-refractivity contribution in [3.8, 4) is 0 Å². The Morgan fingerprint density at radius 3 is 2.68 bits per heavy atom. The van der Waals surface area contributed by atoms with Crippen LogP contribution in [0.25, 0.3) is 16.6 Å². The van der Waals surface area contributed by atoms with Crippen LogP contribution in [0.2, 0.25) is 5.02 Å². The molecule has 1 aliphatic heterocycles. The fourth-order valence-corrected chi connectivity index (χ4v) is 4.27. The number of pyridine rings is 1. The molecular formula is C24H23ClN4O2. The minimum atomic E-state index is -0.00211. The summed E-state index contributed by atoms with van der Waals surface area (Å²) >= 11 is 5.95. The highest BCUT2D eigenvalue weighted by atomic mass is 35.5. The molecule has 1 saturated carbocycles. The van der Waals surface area contributed by atoms with Crippen LogP contribution < -0.4 is 5.32 Å². The van der Waals surface area contributed by atoms with Crippen molar-refractivity contribution in [1.82, 2.24) is 14.9 Å². The molecule has 2 N–H and O–H groups in total. The minimum Gasteiger partial charge on any atom is -0.346 e. The first-order chi connectivity index (χ1) is 15.0. The zero-order valence-electron chi connectivity index (χ0n) is 17.2. The van der Waals surface area contributed by atoms with Crippen LogP contribution in [0.5, 0.6) is 0 Å². The fraction of sp³-hybridized carbons (Fsp3) is 0.292. The molecule has 0 spiro atoms. The number of amides is 2. The number of halogens is 1. The third kappa shape index (κ3) is 3.95. The second-order valence-corrected chi connectivity index (χ2v) is 8.77. The molecule has 3 aromatic rings. The summed E-state index contributed by atoms with van der Waals surface area (Å²) in [5.41, 5.74) is 3.59. The Kier molecular flexibility index (Phi) is 5.02. The van der Waals surface area contributed by atoms with Crippen molar-refractivity contribution in [2.24, 2.45) is 11.8 Å². The van der Waals surface area contributed by atoms with Gasteiger partial charge in [-0.05, 0) is 66.3 Å². The Bertz CT molecular complexity index is 1190. The summed E-state index contributed by atoms with van der Waals surface area (Å²) in [6, 6.07) is 10.9. The van der Waals surface area contributed by atoms with Crippen LogP contribution in [0.4, 0.5) is 5.82 Å². The molecule has 1 atom stereocenters. The summed E-state index contributed by atoms with van der Waals surface area (Å²) in [5.74, 6) is 0.851. The molecule has 158 valence electrons. The molecule has 1 fully saturated rings. The number of nitrogens with zero attached hydrogens (tertiary/aromatic N) is 2. The van der Waals surface area contributed by atoms with Crippen molar-refractivity contribution in [1.29, 1.82) is 0 Å². The number of benzene rings is 1. The lowest BCUT2D eigenvalue weighted by Gasteiger charge is -2.32. The predicted molar refractivity (Wildman–Crippen MR) is 122 cm³/mol. The maximum atomic E-state index is 12.9. The molecule has 1 aromatic carbocycles.